The van der Waals surface area contributed by atoms with Crippen molar-refractivity contribution < 1.29 is 28.3 Å². The number of fused-ring (bicyclic) bond motifs is 1. The number of ether oxygens (including phenoxy) is 2. The Bertz CT molecular complexity index is 1190. The highest BCUT2D eigenvalue weighted by molar-refractivity contribution is 6.20. The van der Waals surface area contributed by atoms with E-state index in [9.17, 15) is 14.4 Å². The molecule has 3 amide bonds. The Labute approximate surface area is 182 Å². The van der Waals surface area contributed by atoms with E-state index in [2.05, 4.69) is 15.5 Å². The number of nitrogens with zero attached hydrogens (tertiary/aromatic N) is 3. The lowest BCUT2D eigenvalue weighted by Gasteiger charge is -2.18. The van der Waals surface area contributed by atoms with E-state index in [0.717, 1.165) is 10.5 Å². The van der Waals surface area contributed by atoms with Crippen LogP contribution in [0.15, 0.2) is 46.9 Å². The third-order valence-electron chi connectivity index (χ3n) is 5.09. The zero-order valence-corrected chi connectivity index (χ0v) is 16.9. The molecule has 1 aromatic heterocycles. The topological polar surface area (TPSA) is 124 Å². The quantitative estimate of drug-likeness (QED) is 0.607. The summed E-state index contributed by atoms with van der Waals surface area (Å²) in [5, 5.41) is 10.4. The Morgan fingerprint density at radius 2 is 1.66 bits per heavy atom. The first-order chi connectivity index (χ1) is 15.6. The fraction of sp³-hybridized carbons (Fsp3) is 0.227. The maximum absolute atomic E-state index is 12.5. The Morgan fingerprint density at radius 1 is 0.938 bits per heavy atom. The van der Waals surface area contributed by atoms with Crippen molar-refractivity contribution in [2.75, 3.05) is 23.4 Å². The molecule has 1 fully saturated rings. The summed E-state index contributed by atoms with van der Waals surface area (Å²) in [5.74, 6) is 0.751. The highest BCUT2D eigenvalue weighted by Gasteiger charge is 2.30. The summed E-state index contributed by atoms with van der Waals surface area (Å²) in [6, 6.07) is 11.7. The highest BCUT2D eigenvalue weighted by Crippen LogP contribution is 2.31. The van der Waals surface area contributed by atoms with Crippen LogP contribution in [0.1, 0.15) is 34.7 Å². The van der Waals surface area contributed by atoms with Gasteiger partial charge in [-0.05, 0) is 42.0 Å². The van der Waals surface area contributed by atoms with Crippen LogP contribution in [0.4, 0.5) is 11.7 Å². The lowest BCUT2D eigenvalue weighted by molar-refractivity contribution is -0.121. The number of aromatic nitrogens is 2. The number of amides is 3. The summed E-state index contributed by atoms with van der Waals surface area (Å²) in [4.78, 5) is 37.3. The van der Waals surface area contributed by atoms with Crippen molar-refractivity contribution in [3.63, 3.8) is 0 Å². The van der Waals surface area contributed by atoms with Gasteiger partial charge in [0.2, 0.25) is 17.7 Å². The largest absolute Gasteiger partial charge is 0.486 e. The maximum Gasteiger partial charge on any atom is 0.322 e. The molecule has 0 spiro atoms. The molecule has 1 saturated heterocycles. The molecule has 2 aliphatic heterocycles. The van der Waals surface area contributed by atoms with Crippen LogP contribution >= 0.6 is 0 Å². The van der Waals surface area contributed by atoms with Gasteiger partial charge >= 0.3 is 6.01 Å². The molecular weight excluding hydrogens is 416 g/mol. The minimum absolute atomic E-state index is 0.0310. The normalized spacial score (nSPS) is 15.2. The number of anilines is 2. The molecule has 162 valence electrons. The maximum atomic E-state index is 12.5. The second kappa shape index (κ2) is 8.14. The Hall–Kier alpha value is -4.21. The molecule has 3 aromatic rings. The number of carbonyl (C=O) groups is 3. The van der Waals surface area contributed by atoms with E-state index < -0.39 is 5.91 Å². The minimum Gasteiger partial charge on any atom is -0.486 e. The number of benzene rings is 2. The van der Waals surface area contributed by atoms with Crippen molar-refractivity contribution in [2.45, 2.75) is 19.3 Å². The van der Waals surface area contributed by atoms with E-state index in [1.807, 2.05) is 18.2 Å². The van der Waals surface area contributed by atoms with Gasteiger partial charge in [-0.15, -0.1) is 5.10 Å². The van der Waals surface area contributed by atoms with Gasteiger partial charge in [-0.1, -0.05) is 11.2 Å². The SMILES string of the molecule is O=C(Nc1nnc(Cc2ccc3c(c2)OCCO3)o1)c1ccc(N2C(=O)CCC2=O)cc1. The lowest BCUT2D eigenvalue weighted by Crippen LogP contribution is -2.28. The van der Waals surface area contributed by atoms with Gasteiger partial charge in [-0.2, -0.15) is 0 Å². The number of nitrogens with one attached hydrogen (secondary N) is 1. The molecule has 1 N–H and O–H groups in total. The van der Waals surface area contributed by atoms with Gasteiger partial charge in [0.15, 0.2) is 11.5 Å². The molecule has 0 radical (unpaired) electrons. The molecule has 5 rings (SSSR count). The first-order valence-electron chi connectivity index (χ1n) is 10.0. The predicted octanol–water partition coefficient (Wildman–Crippen LogP) is 2.34. The third-order valence-corrected chi connectivity index (χ3v) is 5.09. The zero-order valence-electron chi connectivity index (χ0n) is 16.9. The van der Waals surface area contributed by atoms with Crippen LogP contribution in [0.3, 0.4) is 0 Å². The first kappa shape index (κ1) is 19.7. The highest BCUT2D eigenvalue weighted by atomic mass is 16.6. The fourth-order valence-corrected chi connectivity index (χ4v) is 3.54. The predicted molar refractivity (Wildman–Crippen MR) is 111 cm³/mol. The zero-order chi connectivity index (χ0) is 22.1. The van der Waals surface area contributed by atoms with E-state index in [1.165, 1.54) is 12.1 Å². The summed E-state index contributed by atoms with van der Waals surface area (Å²) >= 11 is 0. The van der Waals surface area contributed by atoms with Crippen molar-refractivity contribution in [1.29, 1.82) is 0 Å². The molecule has 10 heteroatoms. The summed E-state index contributed by atoms with van der Waals surface area (Å²) in [6.07, 6.45) is 0.770. The van der Waals surface area contributed by atoms with Crippen molar-refractivity contribution in [1.82, 2.24) is 10.2 Å². The van der Waals surface area contributed by atoms with Gasteiger partial charge in [0.1, 0.15) is 13.2 Å². The fourth-order valence-electron chi connectivity index (χ4n) is 3.54. The molecule has 32 heavy (non-hydrogen) atoms. The van der Waals surface area contributed by atoms with Crippen LogP contribution < -0.4 is 19.7 Å². The molecule has 0 atom stereocenters. The molecule has 2 aromatic carbocycles. The number of imide groups is 1. The molecule has 3 heterocycles. The lowest BCUT2D eigenvalue weighted by atomic mass is 10.1. The smallest absolute Gasteiger partial charge is 0.322 e. The van der Waals surface area contributed by atoms with Crippen LogP contribution in [-0.2, 0) is 16.0 Å². The third kappa shape index (κ3) is 3.89. The van der Waals surface area contributed by atoms with Crippen LogP contribution in [0.25, 0.3) is 0 Å². The van der Waals surface area contributed by atoms with Crippen molar-refractivity contribution in [3.05, 3.63) is 59.5 Å². The minimum atomic E-state index is -0.454. The van der Waals surface area contributed by atoms with Crippen molar-refractivity contribution in [3.8, 4) is 11.5 Å². The summed E-state index contributed by atoms with van der Waals surface area (Å²) < 4.78 is 16.6. The Morgan fingerprint density at radius 3 is 2.41 bits per heavy atom. The summed E-state index contributed by atoms with van der Waals surface area (Å²) in [5.41, 5.74) is 1.66. The van der Waals surface area contributed by atoms with Crippen LogP contribution in [0.5, 0.6) is 11.5 Å². The Kier molecular flexibility index (Phi) is 5.02. The van der Waals surface area contributed by atoms with Crippen molar-refractivity contribution >= 4 is 29.4 Å². The van der Waals surface area contributed by atoms with Crippen LogP contribution in [-0.4, -0.2) is 41.1 Å². The van der Waals surface area contributed by atoms with Gasteiger partial charge < -0.3 is 13.9 Å². The van der Waals surface area contributed by atoms with Gasteiger partial charge in [0, 0.05) is 18.4 Å². The van der Waals surface area contributed by atoms with E-state index in [-0.39, 0.29) is 30.7 Å². The number of hydrogen-bond donors (Lipinski definition) is 1. The number of hydrogen-bond acceptors (Lipinski definition) is 8. The number of carbonyl (C=O) groups excluding carboxylic acids is 3. The Balaban J connectivity index is 1.23. The van der Waals surface area contributed by atoms with Crippen LogP contribution in [0, 0.1) is 0 Å². The average molecular weight is 434 g/mol. The van der Waals surface area contributed by atoms with E-state index in [4.69, 9.17) is 13.9 Å². The van der Waals surface area contributed by atoms with Crippen molar-refractivity contribution in [2.24, 2.45) is 0 Å². The summed E-state index contributed by atoms with van der Waals surface area (Å²) in [6.45, 7) is 1.02. The van der Waals surface area contributed by atoms with Gasteiger partial charge in [-0.25, -0.2) is 0 Å². The molecule has 10 nitrogen and oxygen atoms in total. The van der Waals surface area contributed by atoms with Gasteiger partial charge in [-0.3, -0.25) is 24.6 Å². The average Bonchev–Trinajstić information content (AvgIpc) is 3.39. The molecule has 0 saturated carbocycles. The first-order valence-corrected chi connectivity index (χ1v) is 10.0. The molecule has 0 unspecified atom stereocenters. The second-order valence-electron chi connectivity index (χ2n) is 7.28. The number of rotatable bonds is 5. The van der Waals surface area contributed by atoms with Gasteiger partial charge in [0.05, 0.1) is 12.1 Å². The molecule has 0 aliphatic carbocycles. The molecule has 0 bridgehead atoms. The van der Waals surface area contributed by atoms with Gasteiger partial charge in [0.25, 0.3) is 5.91 Å². The van der Waals surface area contributed by atoms with E-state index in [1.54, 1.807) is 12.1 Å². The molecule has 2 aliphatic rings. The van der Waals surface area contributed by atoms with E-state index in [0.29, 0.717) is 48.3 Å². The monoisotopic (exact) mass is 434 g/mol. The van der Waals surface area contributed by atoms with E-state index >= 15 is 0 Å². The second-order valence-corrected chi connectivity index (χ2v) is 7.28. The standard InChI is InChI=1S/C22H18N4O6/c27-19-7-8-20(28)26(19)15-4-2-14(3-5-15)21(29)23-22-25-24-18(32-22)12-13-1-6-16-17(11-13)31-10-9-30-16/h1-6,11H,7-10,12H2,(H,23,25,29). The summed E-state index contributed by atoms with van der Waals surface area (Å²) in [7, 11) is 0. The molecular formula is C22H18N4O6. The van der Waals surface area contributed by atoms with Crippen LogP contribution in [0.2, 0.25) is 0 Å².